The average Bonchev–Trinajstić information content (AvgIpc) is 1.49. The average molecular weight is 1660 g/mol. The number of hydrogen-bond donors (Lipinski definition) is 8. The third kappa shape index (κ3) is 17.4. The second-order valence-corrected chi connectivity index (χ2v) is 29.9. The Balaban J connectivity index is 0.000000115. The van der Waals surface area contributed by atoms with E-state index in [0.717, 1.165) is 160 Å². The van der Waals surface area contributed by atoms with Crippen LogP contribution in [0.25, 0.3) is 99.8 Å². The Kier molecular flexibility index (Phi) is 22.3. The first-order valence-corrected chi connectivity index (χ1v) is 39.6. The first-order chi connectivity index (χ1) is 58.6. The van der Waals surface area contributed by atoms with E-state index in [4.69, 9.17) is 16.6 Å². The minimum atomic E-state index is -4.54. The number of pyridine rings is 4. The summed E-state index contributed by atoms with van der Waals surface area (Å²) in [5.74, 6) is 3.50. The summed E-state index contributed by atoms with van der Waals surface area (Å²) in [4.78, 5) is 18.6. The number of hydrogen-bond acceptors (Lipinski definition) is 12. The van der Waals surface area contributed by atoms with Crippen molar-refractivity contribution in [3.8, 4) is 56.2 Å². The predicted octanol–water partition coefficient (Wildman–Crippen LogP) is 25.8. The van der Waals surface area contributed by atoms with Crippen LogP contribution in [-0.2, 0) is 57.1 Å². The molecule has 0 amide bonds. The van der Waals surface area contributed by atoms with E-state index in [1.807, 2.05) is 103 Å². The normalized spacial score (nSPS) is 13.2. The maximum absolute atomic E-state index is 13.8. The van der Waals surface area contributed by atoms with E-state index in [0.29, 0.717) is 62.2 Å². The summed E-state index contributed by atoms with van der Waals surface area (Å²) in [5.41, 5.74) is 11.8. The summed E-state index contributed by atoms with van der Waals surface area (Å²) in [6.07, 6.45) is -1.77. The van der Waals surface area contributed by atoms with Crippen molar-refractivity contribution in [3.05, 3.63) is 309 Å². The molecule has 0 bridgehead atoms. The van der Waals surface area contributed by atoms with Crippen LogP contribution in [0.3, 0.4) is 0 Å². The molecule has 0 radical (unpaired) electrons. The van der Waals surface area contributed by atoms with Crippen molar-refractivity contribution in [2.75, 3.05) is 21.3 Å². The summed E-state index contributed by atoms with van der Waals surface area (Å²) in [6, 6.07) is 66.8. The molecule has 0 aliphatic heterocycles. The van der Waals surface area contributed by atoms with Crippen LogP contribution in [0.2, 0.25) is 5.02 Å². The fourth-order valence-electron chi connectivity index (χ4n) is 15.8. The summed E-state index contributed by atoms with van der Waals surface area (Å²) in [7, 11) is 0. The van der Waals surface area contributed by atoms with E-state index in [9.17, 15) is 48.3 Å². The van der Waals surface area contributed by atoms with Gasteiger partial charge >= 0.3 is 18.5 Å². The molecule has 0 saturated carbocycles. The maximum Gasteiger partial charge on any atom is 0.417 e. The number of para-hydroxylation sites is 2. The van der Waals surface area contributed by atoms with E-state index < -0.39 is 46.9 Å². The summed E-state index contributed by atoms with van der Waals surface area (Å²) >= 11 is 6.44. The van der Waals surface area contributed by atoms with Gasteiger partial charge in [-0.15, -0.1) is 0 Å². The molecule has 16 nitrogen and oxygen atoms in total. The van der Waals surface area contributed by atoms with Gasteiger partial charge in [-0.1, -0.05) is 139 Å². The number of alkyl halides is 9. The molecule has 28 heteroatoms. The molecular weight excluding hydrogens is 1590 g/mol. The molecule has 0 saturated heterocycles. The second kappa shape index (κ2) is 33.9. The van der Waals surface area contributed by atoms with Gasteiger partial charge in [-0.25, -0.2) is 28.7 Å². The van der Waals surface area contributed by atoms with E-state index in [2.05, 4.69) is 89.1 Å². The van der Waals surface area contributed by atoms with Gasteiger partial charge in [0, 0.05) is 48.8 Å². The van der Waals surface area contributed by atoms with Crippen LogP contribution >= 0.6 is 11.6 Å². The number of aryl methyl sites for hydroxylation is 3. The van der Waals surface area contributed by atoms with Gasteiger partial charge < -0.3 is 21.3 Å². The Morgan fingerprint density at radius 3 is 1.02 bits per heavy atom. The number of anilines is 8. The van der Waals surface area contributed by atoms with E-state index in [1.54, 1.807) is 48.5 Å². The Labute approximate surface area is 689 Å². The highest BCUT2D eigenvalue weighted by atomic mass is 35.5. The fourth-order valence-corrected chi connectivity index (χ4v) is 16.0. The highest BCUT2D eigenvalue weighted by Crippen LogP contribution is 2.45. The standard InChI is InChI=1S/C25H16F4N4.C23H18F4N4.C23H19F3N4.C22H19ClN4/c26-17-10-11-21-19(14-17)24(33-32-21)31-23-13-16(15-6-2-1-3-7-15)12-22(30-23)18-8-4-5-9-20(18)25(27,28)29;24-14-9-10-19-17(12-14)22(31-30-19)29-21-15-6-2-1-5-13(15)11-20(28-21)16-7-3-4-8-18(16)23(25,26)27;24-23(25,26)18-11-5-3-9-16(18)20-13-14-7-1-2-8-15(14)21(27-20)28-22-17-10-4-6-12-19(17)29-30-22;23-18-11-5-3-9-16(18)20-13-14-7-1-2-8-15(14)21(24-20)25-22-17-10-4-6-12-19(17)26-27-22/h1-14H,(H2,30,31,32,33);3-4,7-12H,1-2,5-6H2,(H2,28,29,30,31);3-6,9-13H,1-2,7-8H2,(H2,27,28,29,30);3-6,9-13H,1-2,7-8H2,(H2,24,25,26,27). The molecule has 0 atom stereocenters. The first kappa shape index (κ1) is 79.6. The molecule has 8 aromatic heterocycles. The van der Waals surface area contributed by atoms with Gasteiger partial charge in [-0.2, -0.15) is 59.9 Å². The molecule has 608 valence electrons. The lowest BCUT2D eigenvalue weighted by atomic mass is 9.90. The zero-order valence-corrected chi connectivity index (χ0v) is 64.9. The van der Waals surface area contributed by atoms with Gasteiger partial charge in [0.1, 0.15) is 34.9 Å². The molecule has 20 rings (SSSR count). The van der Waals surface area contributed by atoms with Crippen LogP contribution in [0.4, 0.5) is 94.8 Å². The summed E-state index contributed by atoms with van der Waals surface area (Å²) in [6.45, 7) is 0. The molecule has 3 aliphatic carbocycles. The molecule has 3 aliphatic rings. The molecule has 0 fully saturated rings. The second-order valence-electron chi connectivity index (χ2n) is 29.5. The van der Waals surface area contributed by atoms with E-state index >= 15 is 0 Å². The smallest absolute Gasteiger partial charge is 0.323 e. The number of rotatable bonds is 13. The van der Waals surface area contributed by atoms with Crippen molar-refractivity contribution in [2.24, 2.45) is 0 Å². The third-order valence-electron chi connectivity index (χ3n) is 21.6. The minimum absolute atomic E-state index is 0.0318. The monoisotopic (exact) mass is 1660 g/mol. The summed E-state index contributed by atoms with van der Waals surface area (Å²) in [5, 5.41) is 45.6. The number of benzene rings is 9. The number of fused-ring (bicyclic) bond motifs is 7. The molecule has 0 unspecified atom stereocenters. The zero-order valence-electron chi connectivity index (χ0n) is 64.2. The van der Waals surface area contributed by atoms with Crippen molar-refractivity contribution in [2.45, 2.75) is 95.6 Å². The molecule has 121 heavy (non-hydrogen) atoms. The zero-order chi connectivity index (χ0) is 83.5. The van der Waals surface area contributed by atoms with Crippen molar-refractivity contribution in [1.29, 1.82) is 0 Å². The van der Waals surface area contributed by atoms with Gasteiger partial charge in [-0.05, 0) is 237 Å². The largest absolute Gasteiger partial charge is 0.417 e. The van der Waals surface area contributed by atoms with Gasteiger partial charge in [-0.3, -0.25) is 20.4 Å². The molecule has 9 aromatic carbocycles. The lowest BCUT2D eigenvalue weighted by Gasteiger charge is -2.21. The van der Waals surface area contributed by atoms with E-state index in [-0.39, 0.29) is 33.9 Å². The topological polar surface area (TPSA) is 214 Å². The quantitative estimate of drug-likeness (QED) is 0.0506. The molecule has 17 aromatic rings. The summed E-state index contributed by atoms with van der Waals surface area (Å²) < 4.78 is 150. The van der Waals surface area contributed by atoms with Gasteiger partial charge in [0.05, 0.1) is 61.5 Å². The Morgan fingerprint density at radius 1 is 0.281 bits per heavy atom. The Hall–Kier alpha value is -13.8. The number of nitrogens with one attached hydrogen (secondary N) is 8. The minimum Gasteiger partial charge on any atom is -0.323 e. The highest BCUT2D eigenvalue weighted by molar-refractivity contribution is 6.33. The predicted molar refractivity (Wildman–Crippen MR) is 451 cm³/mol. The Bertz CT molecular complexity index is 6670. The van der Waals surface area contributed by atoms with Crippen molar-refractivity contribution in [1.82, 2.24) is 60.7 Å². The van der Waals surface area contributed by atoms with Crippen molar-refractivity contribution >= 4 is 102 Å². The lowest BCUT2D eigenvalue weighted by molar-refractivity contribution is -0.137. The van der Waals surface area contributed by atoms with E-state index in [1.165, 1.54) is 84.6 Å². The molecule has 0 spiro atoms. The highest BCUT2D eigenvalue weighted by Gasteiger charge is 2.37. The number of nitrogens with zero attached hydrogens (tertiary/aromatic N) is 8. The van der Waals surface area contributed by atoms with Crippen LogP contribution in [0.15, 0.2) is 243 Å². The SMILES string of the molecule is Clc1ccccc1-c1cc2c(c(Nc3n[nH]c4ccccc34)n1)CCCC2.FC(F)(F)c1ccccc1-c1cc2c(c(Nc3n[nH]c4ccccc34)n1)CCCC2.Fc1ccc2[nH]nc(Nc3cc(-c4ccccc4)cc(-c4ccccc4C(F)(F)F)n3)c2c1.Fc1ccc2[nH]nc(Nc3nc(-c4ccccc4C(F)(F)F)cc4c3CCCC4)c2c1. The van der Waals surface area contributed by atoms with Gasteiger partial charge in [0.15, 0.2) is 23.3 Å². The molecule has 8 heterocycles. The number of aromatic nitrogens is 12. The lowest BCUT2D eigenvalue weighted by Crippen LogP contribution is -2.11. The first-order valence-electron chi connectivity index (χ1n) is 39.2. The molecule has 8 N–H and O–H groups in total. The van der Waals surface area contributed by atoms with Crippen LogP contribution in [0, 0.1) is 11.6 Å². The maximum atomic E-state index is 13.8. The van der Waals surface area contributed by atoms with Crippen LogP contribution in [-0.4, -0.2) is 60.7 Å². The van der Waals surface area contributed by atoms with Crippen LogP contribution < -0.4 is 21.3 Å². The number of halogens is 12. The Morgan fingerprint density at radius 2 is 0.612 bits per heavy atom. The number of aromatic amines is 4. The molecular formula is C93H72ClF11N16. The van der Waals surface area contributed by atoms with Crippen molar-refractivity contribution in [3.63, 3.8) is 0 Å². The van der Waals surface area contributed by atoms with Gasteiger partial charge in [0.2, 0.25) is 0 Å². The van der Waals surface area contributed by atoms with Crippen LogP contribution in [0.1, 0.15) is 88.6 Å². The third-order valence-corrected chi connectivity index (χ3v) is 21.9. The van der Waals surface area contributed by atoms with Crippen LogP contribution in [0.5, 0.6) is 0 Å². The van der Waals surface area contributed by atoms with Crippen molar-refractivity contribution < 1.29 is 48.3 Å². The fraction of sp³-hybridized carbons (Fsp3) is 0.161. The number of H-pyrrole nitrogens is 4. The van der Waals surface area contributed by atoms with Gasteiger partial charge in [0.25, 0.3) is 0 Å².